The number of carbonyl (C=O) groups is 2. The highest BCUT2D eigenvalue weighted by Gasteiger charge is 2.33. The third kappa shape index (κ3) is 6.61. The molecule has 0 bridgehead atoms. The predicted octanol–water partition coefficient (Wildman–Crippen LogP) is 7.05. The molecule has 1 amide bonds. The molecule has 40 heavy (non-hydrogen) atoms. The second kappa shape index (κ2) is 12.9. The number of likely N-dealkylation sites (tertiary alicyclic amines) is 1. The summed E-state index contributed by atoms with van der Waals surface area (Å²) >= 11 is 0. The maximum absolute atomic E-state index is 14.1. The van der Waals surface area contributed by atoms with E-state index in [1.807, 2.05) is 18.2 Å². The number of carboxylic acids is 1. The van der Waals surface area contributed by atoms with E-state index in [4.69, 9.17) is 9.84 Å². The Labute approximate surface area is 239 Å². The molecule has 1 heterocycles. The lowest BCUT2D eigenvalue weighted by atomic mass is 9.80. The first kappa shape index (κ1) is 29.1. The summed E-state index contributed by atoms with van der Waals surface area (Å²) in [4.78, 5) is 25.8. The van der Waals surface area contributed by atoms with E-state index in [1.165, 1.54) is 46.7 Å². The van der Waals surface area contributed by atoms with Gasteiger partial charge in [0, 0.05) is 25.7 Å². The molecule has 208 valence electrons. The summed E-state index contributed by atoms with van der Waals surface area (Å²) in [6.45, 7) is 3.68. The number of hydrogen-bond donors (Lipinski definition) is 2. The second-order valence-corrected chi connectivity index (χ2v) is 10.1. The molecular formula is C32H32ClFN2O4. The Morgan fingerprint density at radius 3 is 2.50 bits per heavy atom. The van der Waals surface area contributed by atoms with Crippen LogP contribution < -0.4 is 10.1 Å². The van der Waals surface area contributed by atoms with Gasteiger partial charge in [0.05, 0.1) is 5.56 Å². The molecule has 1 fully saturated rings. The number of nitrogens with one attached hydrogen (secondary N) is 1. The normalized spacial score (nSPS) is 17.6. The topological polar surface area (TPSA) is 78.9 Å². The van der Waals surface area contributed by atoms with Crippen molar-refractivity contribution in [2.24, 2.45) is 5.92 Å². The van der Waals surface area contributed by atoms with Crippen LogP contribution in [0.5, 0.6) is 5.75 Å². The van der Waals surface area contributed by atoms with E-state index in [9.17, 15) is 14.0 Å². The first-order valence-corrected chi connectivity index (χ1v) is 13.2. The molecule has 0 spiro atoms. The van der Waals surface area contributed by atoms with Gasteiger partial charge in [-0.1, -0.05) is 54.6 Å². The van der Waals surface area contributed by atoms with E-state index in [2.05, 4.69) is 42.6 Å². The molecule has 1 aliphatic heterocycles. The Bertz CT molecular complexity index is 1470. The molecule has 0 saturated carbocycles. The fourth-order valence-electron chi connectivity index (χ4n) is 5.48. The molecule has 1 aliphatic rings. The fraction of sp³-hybridized carbons (Fsp3) is 0.250. The molecule has 0 aromatic heterocycles. The van der Waals surface area contributed by atoms with Crippen molar-refractivity contribution in [1.82, 2.24) is 10.2 Å². The van der Waals surface area contributed by atoms with Gasteiger partial charge < -0.3 is 20.1 Å². The molecular weight excluding hydrogens is 531 g/mol. The van der Waals surface area contributed by atoms with Crippen LogP contribution in [0, 0.1) is 11.7 Å². The van der Waals surface area contributed by atoms with Crippen molar-refractivity contribution < 1.29 is 23.8 Å². The van der Waals surface area contributed by atoms with Gasteiger partial charge in [-0.05, 0) is 83.5 Å². The smallest absolute Gasteiger partial charge is 0.415 e. The Hall–Kier alpha value is -3.94. The van der Waals surface area contributed by atoms with E-state index in [0.29, 0.717) is 26.1 Å². The van der Waals surface area contributed by atoms with Crippen LogP contribution >= 0.6 is 12.4 Å². The predicted molar refractivity (Wildman–Crippen MR) is 156 cm³/mol. The Morgan fingerprint density at radius 2 is 1.75 bits per heavy atom. The number of aromatic carboxylic acids is 1. The van der Waals surface area contributed by atoms with Crippen LogP contribution in [0.15, 0.2) is 91.0 Å². The Balaban J connectivity index is 0.00000370. The highest BCUT2D eigenvalue weighted by atomic mass is 35.5. The first-order valence-electron chi connectivity index (χ1n) is 13.2. The van der Waals surface area contributed by atoms with E-state index in [1.54, 1.807) is 17.0 Å². The minimum Gasteiger partial charge on any atom is -0.478 e. The maximum Gasteiger partial charge on any atom is 0.415 e. The van der Waals surface area contributed by atoms with Gasteiger partial charge >= 0.3 is 12.1 Å². The number of amides is 1. The van der Waals surface area contributed by atoms with Gasteiger partial charge in [0.25, 0.3) is 0 Å². The van der Waals surface area contributed by atoms with E-state index < -0.39 is 12.1 Å². The molecule has 2 N–H and O–H groups in total. The molecule has 5 rings (SSSR count). The summed E-state index contributed by atoms with van der Waals surface area (Å²) in [5, 5.41) is 15.2. The fourth-order valence-corrected chi connectivity index (χ4v) is 5.48. The van der Waals surface area contributed by atoms with Crippen molar-refractivity contribution in [2.75, 3.05) is 19.6 Å². The summed E-state index contributed by atoms with van der Waals surface area (Å²) in [5.74, 6) is -0.918. The third-order valence-electron chi connectivity index (χ3n) is 7.55. The SMILES string of the molecule is C[C@@H](NCC1CN(C(=O)Oc2ccc(C(=O)O)cc2)CCC1c1cccc(F)c1)c1cccc2ccccc12.Cl. The van der Waals surface area contributed by atoms with Crippen molar-refractivity contribution >= 4 is 35.2 Å². The zero-order valence-corrected chi connectivity index (χ0v) is 22.9. The standard InChI is InChI=1S/C32H31FN2O4.ClH/c1-21(28-11-5-7-22-6-2-3-10-30(22)28)34-19-25-20-35(17-16-29(25)24-8-4-9-26(33)18-24)32(38)39-27-14-12-23(13-15-27)31(36)37;/h2-15,18,21,25,29,34H,16-17,19-20H2,1H3,(H,36,37);1H/t21-,25?,29?;/m1./s1. The molecule has 0 radical (unpaired) electrons. The molecule has 8 heteroatoms. The van der Waals surface area contributed by atoms with Gasteiger partial charge in [-0.2, -0.15) is 0 Å². The quantitative estimate of drug-likeness (QED) is 0.252. The van der Waals surface area contributed by atoms with Gasteiger partial charge in [0.15, 0.2) is 0 Å². The minimum absolute atomic E-state index is 0. The number of halogens is 2. The lowest BCUT2D eigenvalue weighted by Crippen LogP contribution is -2.47. The van der Waals surface area contributed by atoms with E-state index in [0.717, 1.165) is 5.56 Å². The van der Waals surface area contributed by atoms with Gasteiger partial charge in [-0.15, -0.1) is 12.4 Å². The number of fused-ring (bicyclic) bond motifs is 1. The highest BCUT2D eigenvalue weighted by molar-refractivity contribution is 5.88. The Kier molecular flexibility index (Phi) is 9.40. The van der Waals surface area contributed by atoms with E-state index >= 15 is 0 Å². The van der Waals surface area contributed by atoms with Crippen LogP contribution in [0.1, 0.15) is 46.8 Å². The lowest BCUT2D eigenvalue weighted by molar-refractivity contribution is 0.0697. The number of ether oxygens (including phenoxy) is 1. The van der Waals surface area contributed by atoms with Crippen molar-refractivity contribution in [3.8, 4) is 5.75 Å². The average Bonchev–Trinajstić information content (AvgIpc) is 2.95. The van der Waals surface area contributed by atoms with Crippen molar-refractivity contribution in [2.45, 2.75) is 25.3 Å². The van der Waals surface area contributed by atoms with Crippen molar-refractivity contribution in [3.05, 3.63) is 114 Å². The largest absolute Gasteiger partial charge is 0.478 e. The van der Waals surface area contributed by atoms with Crippen LogP contribution in [0.3, 0.4) is 0 Å². The summed E-state index contributed by atoms with van der Waals surface area (Å²) in [7, 11) is 0. The van der Waals surface area contributed by atoms with Crippen LogP contribution in [0.2, 0.25) is 0 Å². The minimum atomic E-state index is -1.04. The average molecular weight is 563 g/mol. The zero-order chi connectivity index (χ0) is 27.4. The van der Waals surface area contributed by atoms with Gasteiger partial charge in [-0.3, -0.25) is 0 Å². The van der Waals surface area contributed by atoms with Crippen molar-refractivity contribution in [3.63, 3.8) is 0 Å². The number of carboxylic acid groups (broad SMARTS) is 1. The van der Waals surface area contributed by atoms with E-state index in [-0.39, 0.29) is 47.4 Å². The number of hydrogen-bond acceptors (Lipinski definition) is 4. The molecule has 0 aliphatic carbocycles. The Morgan fingerprint density at radius 1 is 1.02 bits per heavy atom. The lowest BCUT2D eigenvalue weighted by Gasteiger charge is -2.39. The second-order valence-electron chi connectivity index (χ2n) is 10.1. The maximum atomic E-state index is 14.1. The molecule has 4 aromatic rings. The summed E-state index contributed by atoms with van der Waals surface area (Å²) < 4.78 is 19.7. The monoisotopic (exact) mass is 562 g/mol. The third-order valence-corrected chi connectivity index (χ3v) is 7.55. The van der Waals surface area contributed by atoms with Gasteiger partial charge in [0.2, 0.25) is 0 Å². The molecule has 4 aromatic carbocycles. The van der Waals surface area contributed by atoms with Crippen LogP contribution in [-0.2, 0) is 0 Å². The number of nitrogens with zero attached hydrogens (tertiary/aromatic N) is 1. The van der Waals surface area contributed by atoms with Crippen LogP contribution in [-0.4, -0.2) is 41.7 Å². The summed E-state index contributed by atoms with van der Waals surface area (Å²) in [5.41, 5.74) is 2.25. The summed E-state index contributed by atoms with van der Waals surface area (Å²) in [6.07, 6.45) is 0.189. The number of carbonyl (C=O) groups excluding carboxylic acids is 1. The molecule has 6 nitrogen and oxygen atoms in total. The van der Waals surface area contributed by atoms with Crippen LogP contribution in [0.25, 0.3) is 10.8 Å². The zero-order valence-electron chi connectivity index (χ0n) is 22.1. The highest BCUT2D eigenvalue weighted by Crippen LogP contribution is 2.34. The first-order chi connectivity index (χ1) is 18.9. The summed E-state index contributed by atoms with van der Waals surface area (Å²) in [6, 6.07) is 27.1. The van der Waals surface area contributed by atoms with Crippen LogP contribution in [0.4, 0.5) is 9.18 Å². The molecule has 1 saturated heterocycles. The van der Waals surface area contributed by atoms with Gasteiger partial charge in [-0.25, -0.2) is 14.0 Å². The molecule has 2 unspecified atom stereocenters. The van der Waals surface area contributed by atoms with Crippen molar-refractivity contribution in [1.29, 1.82) is 0 Å². The number of benzene rings is 4. The molecule has 3 atom stereocenters. The number of rotatable bonds is 7. The van der Waals surface area contributed by atoms with Gasteiger partial charge in [0.1, 0.15) is 11.6 Å². The number of piperidine rings is 1.